The van der Waals surface area contributed by atoms with E-state index in [9.17, 15) is 9.59 Å². The molecule has 6 heteroatoms. The summed E-state index contributed by atoms with van der Waals surface area (Å²) in [7, 11) is 0. The molecule has 1 atom stereocenters. The molecule has 0 bridgehead atoms. The fraction of sp³-hybridized carbons (Fsp3) is 0.368. The number of pyridine rings is 1. The number of carboxylic acids is 1. The molecule has 1 heterocycles. The maximum absolute atomic E-state index is 11.5. The third kappa shape index (κ3) is 6.43. The van der Waals surface area contributed by atoms with Crippen molar-refractivity contribution in [2.75, 3.05) is 25.0 Å². The first-order valence-corrected chi connectivity index (χ1v) is 8.49. The van der Waals surface area contributed by atoms with Crippen molar-refractivity contribution in [1.29, 1.82) is 0 Å². The molecule has 0 amide bonds. The van der Waals surface area contributed by atoms with Gasteiger partial charge in [-0.3, -0.25) is 9.59 Å². The minimum atomic E-state index is -0.812. The van der Waals surface area contributed by atoms with E-state index in [4.69, 9.17) is 5.11 Å². The van der Waals surface area contributed by atoms with Crippen LogP contribution in [0.25, 0.3) is 0 Å². The number of rotatable bonds is 10. The lowest BCUT2D eigenvalue weighted by atomic mass is 9.98. The first-order valence-electron chi connectivity index (χ1n) is 8.49. The predicted molar refractivity (Wildman–Crippen MR) is 99.2 cm³/mol. The van der Waals surface area contributed by atoms with Crippen molar-refractivity contribution in [3.63, 3.8) is 0 Å². The maximum atomic E-state index is 11.5. The van der Waals surface area contributed by atoms with E-state index in [1.807, 2.05) is 24.3 Å². The number of aliphatic carboxylic acids is 1. The van der Waals surface area contributed by atoms with Crippen molar-refractivity contribution in [2.45, 2.75) is 25.7 Å². The number of benzene rings is 1. The molecule has 1 unspecified atom stereocenters. The molecular weight excluding hydrogens is 318 g/mol. The fourth-order valence-electron chi connectivity index (χ4n) is 2.62. The van der Waals surface area contributed by atoms with Crippen LogP contribution < -0.4 is 16.2 Å². The third-order valence-corrected chi connectivity index (χ3v) is 3.99. The van der Waals surface area contributed by atoms with Crippen molar-refractivity contribution in [3.8, 4) is 0 Å². The second kappa shape index (κ2) is 9.64. The second-order valence-electron chi connectivity index (χ2n) is 6.11. The first-order chi connectivity index (χ1) is 12.1. The summed E-state index contributed by atoms with van der Waals surface area (Å²) in [6.45, 7) is 4.51. The number of hydrogen-bond donors (Lipinski definition) is 4. The van der Waals surface area contributed by atoms with Crippen LogP contribution in [0.4, 0.5) is 5.69 Å². The molecule has 0 saturated heterocycles. The standard InChI is InChI=1S/C19H25N3O3/c1-14(16-6-2-5-15(11-16)12-18(23)24)13-20-8-4-10-21-17-7-3-9-22-19(17)25/h2-3,5-7,9,11,14,20-21H,4,8,10,12-13H2,1H3,(H,22,25)(H,23,24). The minimum absolute atomic E-state index is 0.0538. The highest BCUT2D eigenvalue weighted by molar-refractivity contribution is 5.70. The molecular formula is C19H25N3O3. The summed E-state index contributed by atoms with van der Waals surface area (Å²) >= 11 is 0. The molecule has 25 heavy (non-hydrogen) atoms. The highest BCUT2D eigenvalue weighted by Gasteiger charge is 2.07. The molecule has 0 fully saturated rings. The quantitative estimate of drug-likeness (QED) is 0.496. The van der Waals surface area contributed by atoms with Gasteiger partial charge in [0.15, 0.2) is 0 Å². The number of aromatic amines is 1. The van der Waals surface area contributed by atoms with Crippen molar-refractivity contribution in [3.05, 3.63) is 64.1 Å². The van der Waals surface area contributed by atoms with Crippen molar-refractivity contribution >= 4 is 11.7 Å². The minimum Gasteiger partial charge on any atom is -0.481 e. The van der Waals surface area contributed by atoms with Gasteiger partial charge in [0.1, 0.15) is 5.69 Å². The van der Waals surface area contributed by atoms with Gasteiger partial charge in [0.05, 0.1) is 6.42 Å². The Hall–Kier alpha value is -2.60. The van der Waals surface area contributed by atoms with Gasteiger partial charge in [-0.2, -0.15) is 0 Å². The SMILES string of the molecule is CC(CNCCCNc1ccc[nH]c1=O)c1cccc(CC(=O)O)c1. The van der Waals surface area contributed by atoms with Crippen LogP contribution in [0.2, 0.25) is 0 Å². The van der Waals surface area contributed by atoms with Gasteiger partial charge in [0, 0.05) is 19.3 Å². The van der Waals surface area contributed by atoms with Crippen LogP contribution >= 0.6 is 0 Å². The Labute approximate surface area is 147 Å². The number of aromatic nitrogens is 1. The van der Waals surface area contributed by atoms with E-state index in [2.05, 4.69) is 22.5 Å². The second-order valence-corrected chi connectivity index (χ2v) is 6.11. The van der Waals surface area contributed by atoms with Gasteiger partial charge in [-0.05, 0) is 42.1 Å². The number of carbonyl (C=O) groups is 1. The lowest BCUT2D eigenvalue weighted by molar-refractivity contribution is -0.136. The summed E-state index contributed by atoms with van der Waals surface area (Å²) in [5.74, 6) is -0.508. The molecule has 0 aliphatic heterocycles. The average Bonchev–Trinajstić information content (AvgIpc) is 2.59. The third-order valence-electron chi connectivity index (χ3n) is 3.99. The molecule has 2 rings (SSSR count). The van der Waals surface area contributed by atoms with Gasteiger partial charge in [-0.25, -0.2) is 0 Å². The van der Waals surface area contributed by atoms with Crippen LogP contribution in [0.5, 0.6) is 0 Å². The largest absolute Gasteiger partial charge is 0.481 e. The zero-order chi connectivity index (χ0) is 18.1. The van der Waals surface area contributed by atoms with Crippen LogP contribution in [0.3, 0.4) is 0 Å². The van der Waals surface area contributed by atoms with Gasteiger partial charge in [-0.15, -0.1) is 0 Å². The molecule has 0 saturated carbocycles. The predicted octanol–water partition coefficient (Wildman–Crippen LogP) is 2.20. The monoisotopic (exact) mass is 343 g/mol. The van der Waals surface area contributed by atoms with Gasteiger partial charge in [-0.1, -0.05) is 31.2 Å². The molecule has 1 aromatic heterocycles. The summed E-state index contributed by atoms with van der Waals surface area (Å²) in [6, 6.07) is 11.3. The van der Waals surface area contributed by atoms with Gasteiger partial charge in [0.2, 0.25) is 0 Å². The average molecular weight is 343 g/mol. The van der Waals surface area contributed by atoms with Crippen molar-refractivity contribution in [2.24, 2.45) is 0 Å². The Morgan fingerprint density at radius 3 is 2.84 bits per heavy atom. The van der Waals surface area contributed by atoms with E-state index >= 15 is 0 Å². The number of nitrogens with one attached hydrogen (secondary N) is 3. The smallest absolute Gasteiger partial charge is 0.307 e. The Morgan fingerprint density at radius 2 is 2.08 bits per heavy atom. The van der Waals surface area contributed by atoms with E-state index in [1.165, 1.54) is 0 Å². The van der Waals surface area contributed by atoms with Crippen molar-refractivity contribution < 1.29 is 9.90 Å². The molecule has 0 spiro atoms. The Bertz CT molecular complexity index is 742. The van der Waals surface area contributed by atoms with Crippen LogP contribution in [-0.2, 0) is 11.2 Å². The summed E-state index contributed by atoms with van der Waals surface area (Å²) in [6.07, 6.45) is 2.57. The van der Waals surface area contributed by atoms with Gasteiger partial charge in [0.25, 0.3) is 5.56 Å². The van der Waals surface area contributed by atoms with Crippen LogP contribution in [0, 0.1) is 0 Å². The lowest BCUT2D eigenvalue weighted by Gasteiger charge is -2.14. The Kier molecular flexibility index (Phi) is 7.22. The van der Waals surface area contributed by atoms with Crippen LogP contribution in [0.15, 0.2) is 47.4 Å². The first kappa shape index (κ1) is 18.7. The summed E-state index contributed by atoms with van der Waals surface area (Å²) in [5, 5.41) is 15.4. The van der Waals surface area contributed by atoms with Gasteiger partial charge >= 0.3 is 5.97 Å². The number of carboxylic acid groups (broad SMARTS) is 1. The summed E-state index contributed by atoms with van der Waals surface area (Å²) in [5.41, 5.74) is 2.45. The highest BCUT2D eigenvalue weighted by atomic mass is 16.4. The highest BCUT2D eigenvalue weighted by Crippen LogP contribution is 2.16. The van der Waals surface area contributed by atoms with Crippen LogP contribution in [-0.4, -0.2) is 35.7 Å². The van der Waals surface area contributed by atoms with E-state index in [0.717, 1.165) is 37.2 Å². The van der Waals surface area contributed by atoms with Crippen LogP contribution in [0.1, 0.15) is 30.4 Å². The zero-order valence-electron chi connectivity index (χ0n) is 14.4. The molecule has 4 N–H and O–H groups in total. The topological polar surface area (TPSA) is 94.2 Å². The van der Waals surface area contributed by atoms with E-state index in [0.29, 0.717) is 11.6 Å². The summed E-state index contributed by atoms with van der Waals surface area (Å²) in [4.78, 5) is 24.9. The summed E-state index contributed by atoms with van der Waals surface area (Å²) < 4.78 is 0. The fourth-order valence-corrected chi connectivity index (χ4v) is 2.62. The molecule has 0 radical (unpaired) electrons. The molecule has 1 aromatic carbocycles. The number of hydrogen-bond acceptors (Lipinski definition) is 4. The van der Waals surface area contributed by atoms with Gasteiger partial charge < -0.3 is 20.7 Å². The van der Waals surface area contributed by atoms with E-state index in [-0.39, 0.29) is 12.0 Å². The van der Waals surface area contributed by atoms with Crippen molar-refractivity contribution in [1.82, 2.24) is 10.3 Å². The molecule has 134 valence electrons. The molecule has 2 aromatic rings. The van der Waals surface area contributed by atoms with E-state index < -0.39 is 5.97 Å². The normalized spacial score (nSPS) is 11.9. The number of H-pyrrole nitrogens is 1. The molecule has 6 nitrogen and oxygen atoms in total. The Balaban J connectivity index is 1.68. The Morgan fingerprint density at radius 1 is 1.24 bits per heavy atom. The zero-order valence-corrected chi connectivity index (χ0v) is 14.4. The molecule has 0 aliphatic rings. The molecule has 0 aliphatic carbocycles. The lowest BCUT2D eigenvalue weighted by Crippen LogP contribution is -2.23. The van der Waals surface area contributed by atoms with E-state index in [1.54, 1.807) is 18.3 Å². The maximum Gasteiger partial charge on any atom is 0.307 e. The number of anilines is 1.